The van der Waals surface area contributed by atoms with Crippen LogP contribution in [0.2, 0.25) is 5.02 Å². The largest absolute Gasteiger partial charge is 0.377 e. The second-order valence-electron chi connectivity index (χ2n) is 3.14. The molecule has 0 aliphatic carbocycles. The predicted molar refractivity (Wildman–Crippen MR) is 55.3 cm³/mol. The standard InChI is InChI=1S/C10H11ClFNO/c1-6-3-8(11)10(4-9(6)12)13-5-7(2)14/h3-4,13H,5H2,1-2H3. The van der Waals surface area contributed by atoms with Crippen molar-refractivity contribution in [1.29, 1.82) is 0 Å². The van der Waals surface area contributed by atoms with E-state index in [1.807, 2.05) is 0 Å². The number of hydrogen-bond donors (Lipinski definition) is 1. The lowest BCUT2D eigenvalue weighted by Crippen LogP contribution is -2.10. The van der Waals surface area contributed by atoms with E-state index < -0.39 is 0 Å². The SMILES string of the molecule is CC(=O)CNc1cc(F)c(C)cc1Cl. The van der Waals surface area contributed by atoms with Crippen LogP contribution in [0.15, 0.2) is 12.1 Å². The first-order chi connectivity index (χ1) is 6.50. The van der Waals surface area contributed by atoms with Crippen LogP contribution in [0.25, 0.3) is 0 Å². The summed E-state index contributed by atoms with van der Waals surface area (Å²) in [6, 6.07) is 2.82. The average molecular weight is 216 g/mol. The molecule has 0 radical (unpaired) electrons. The molecule has 1 rings (SSSR count). The van der Waals surface area contributed by atoms with Crippen LogP contribution in [0.3, 0.4) is 0 Å². The van der Waals surface area contributed by atoms with Crippen LogP contribution in [0, 0.1) is 12.7 Å². The Kier molecular flexibility index (Phi) is 3.47. The van der Waals surface area contributed by atoms with Crippen molar-refractivity contribution in [3.05, 3.63) is 28.5 Å². The maximum absolute atomic E-state index is 13.1. The monoisotopic (exact) mass is 215 g/mol. The Bertz CT molecular complexity index is 365. The van der Waals surface area contributed by atoms with Gasteiger partial charge in [0, 0.05) is 0 Å². The summed E-state index contributed by atoms with van der Waals surface area (Å²) in [5.74, 6) is -0.359. The molecular formula is C10H11ClFNO. The van der Waals surface area contributed by atoms with Crippen LogP contribution in [0.4, 0.5) is 10.1 Å². The summed E-state index contributed by atoms with van der Waals surface area (Å²) < 4.78 is 13.1. The molecule has 1 aromatic rings. The Labute approximate surface area is 87.1 Å². The molecule has 0 aromatic heterocycles. The van der Waals surface area contributed by atoms with Crippen molar-refractivity contribution in [2.75, 3.05) is 11.9 Å². The second kappa shape index (κ2) is 4.42. The lowest BCUT2D eigenvalue weighted by molar-refractivity contribution is -0.115. The Morgan fingerprint density at radius 2 is 2.21 bits per heavy atom. The van der Waals surface area contributed by atoms with Crippen LogP contribution in [-0.4, -0.2) is 12.3 Å². The molecule has 2 nitrogen and oxygen atoms in total. The quantitative estimate of drug-likeness (QED) is 0.840. The maximum Gasteiger partial charge on any atom is 0.148 e. The molecule has 0 heterocycles. The van der Waals surface area contributed by atoms with Gasteiger partial charge in [-0.3, -0.25) is 4.79 Å². The van der Waals surface area contributed by atoms with Gasteiger partial charge in [0.25, 0.3) is 0 Å². The fourth-order valence-electron chi connectivity index (χ4n) is 1.00. The molecule has 1 N–H and O–H groups in total. The Morgan fingerprint density at radius 3 is 2.79 bits per heavy atom. The van der Waals surface area contributed by atoms with Crippen molar-refractivity contribution in [3.8, 4) is 0 Å². The van der Waals surface area contributed by atoms with Gasteiger partial charge in [0.15, 0.2) is 0 Å². The lowest BCUT2D eigenvalue weighted by atomic mass is 10.2. The van der Waals surface area contributed by atoms with E-state index in [0.29, 0.717) is 16.3 Å². The van der Waals surface area contributed by atoms with E-state index >= 15 is 0 Å². The first-order valence-electron chi connectivity index (χ1n) is 4.19. The molecule has 0 aliphatic heterocycles. The summed E-state index contributed by atoms with van der Waals surface area (Å²) >= 11 is 5.84. The molecule has 76 valence electrons. The number of Topliss-reactive ketones (excluding diaryl/α,β-unsaturated/α-hetero) is 1. The van der Waals surface area contributed by atoms with Gasteiger partial charge in [-0.15, -0.1) is 0 Å². The van der Waals surface area contributed by atoms with E-state index in [-0.39, 0.29) is 18.1 Å². The first kappa shape index (κ1) is 11.0. The Morgan fingerprint density at radius 1 is 1.57 bits per heavy atom. The van der Waals surface area contributed by atoms with Gasteiger partial charge in [-0.05, 0) is 31.5 Å². The van der Waals surface area contributed by atoms with Crippen LogP contribution >= 0.6 is 11.6 Å². The van der Waals surface area contributed by atoms with E-state index in [4.69, 9.17) is 11.6 Å². The number of carbonyl (C=O) groups is 1. The highest BCUT2D eigenvalue weighted by Crippen LogP contribution is 2.24. The molecule has 4 heteroatoms. The first-order valence-corrected chi connectivity index (χ1v) is 4.57. The van der Waals surface area contributed by atoms with Gasteiger partial charge in [-0.2, -0.15) is 0 Å². The normalized spacial score (nSPS) is 10.0. The predicted octanol–water partition coefficient (Wildman–Crippen LogP) is 2.79. The number of carbonyl (C=O) groups excluding carboxylic acids is 1. The summed E-state index contributed by atoms with van der Waals surface area (Å²) in [5, 5.41) is 3.18. The lowest BCUT2D eigenvalue weighted by Gasteiger charge is -2.07. The highest BCUT2D eigenvalue weighted by Gasteiger charge is 2.05. The third-order valence-electron chi connectivity index (χ3n) is 1.78. The molecule has 1 aromatic carbocycles. The van der Waals surface area contributed by atoms with E-state index in [9.17, 15) is 9.18 Å². The van der Waals surface area contributed by atoms with Crippen molar-refractivity contribution in [3.63, 3.8) is 0 Å². The summed E-state index contributed by atoms with van der Waals surface area (Å²) in [7, 11) is 0. The summed E-state index contributed by atoms with van der Waals surface area (Å²) in [4.78, 5) is 10.7. The summed E-state index contributed by atoms with van der Waals surface area (Å²) in [5.41, 5.74) is 0.938. The minimum absolute atomic E-state index is 0.0259. The van der Waals surface area contributed by atoms with Crippen LogP contribution in [-0.2, 0) is 4.79 Å². The maximum atomic E-state index is 13.1. The molecule has 14 heavy (non-hydrogen) atoms. The number of nitrogens with one attached hydrogen (secondary N) is 1. The molecular weight excluding hydrogens is 205 g/mol. The number of anilines is 1. The van der Waals surface area contributed by atoms with Gasteiger partial charge in [0.2, 0.25) is 0 Å². The van der Waals surface area contributed by atoms with Crippen molar-refractivity contribution in [2.24, 2.45) is 0 Å². The molecule has 0 aliphatic rings. The third kappa shape index (κ3) is 2.70. The number of rotatable bonds is 3. The smallest absolute Gasteiger partial charge is 0.148 e. The molecule has 0 unspecified atom stereocenters. The minimum atomic E-state index is -0.333. The zero-order valence-corrected chi connectivity index (χ0v) is 8.78. The second-order valence-corrected chi connectivity index (χ2v) is 3.54. The van der Waals surface area contributed by atoms with E-state index in [1.165, 1.54) is 19.1 Å². The van der Waals surface area contributed by atoms with Gasteiger partial charge < -0.3 is 5.32 Å². The van der Waals surface area contributed by atoms with Crippen LogP contribution in [0.5, 0.6) is 0 Å². The number of ketones is 1. The Balaban J connectivity index is 2.87. The van der Waals surface area contributed by atoms with Crippen molar-refractivity contribution < 1.29 is 9.18 Å². The zero-order valence-electron chi connectivity index (χ0n) is 8.03. The average Bonchev–Trinajstić information content (AvgIpc) is 2.09. The number of hydrogen-bond acceptors (Lipinski definition) is 2. The minimum Gasteiger partial charge on any atom is -0.377 e. The van der Waals surface area contributed by atoms with Crippen molar-refractivity contribution >= 4 is 23.1 Å². The molecule has 0 saturated carbocycles. The van der Waals surface area contributed by atoms with Gasteiger partial charge in [-0.25, -0.2) is 4.39 Å². The fourth-order valence-corrected chi connectivity index (χ4v) is 1.29. The highest BCUT2D eigenvalue weighted by molar-refractivity contribution is 6.33. The summed E-state index contributed by atoms with van der Waals surface area (Å²) in [6.07, 6.45) is 0. The van der Waals surface area contributed by atoms with E-state index in [1.54, 1.807) is 6.92 Å². The third-order valence-corrected chi connectivity index (χ3v) is 2.09. The zero-order chi connectivity index (χ0) is 10.7. The molecule has 0 fully saturated rings. The van der Waals surface area contributed by atoms with Crippen LogP contribution < -0.4 is 5.32 Å². The van der Waals surface area contributed by atoms with E-state index in [0.717, 1.165) is 0 Å². The van der Waals surface area contributed by atoms with Crippen LogP contribution in [0.1, 0.15) is 12.5 Å². The fraction of sp³-hybridized carbons (Fsp3) is 0.300. The molecule has 0 bridgehead atoms. The molecule has 0 spiro atoms. The highest BCUT2D eigenvalue weighted by atomic mass is 35.5. The Hall–Kier alpha value is -1.09. The van der Waals surface area contributed by atoms with Crippen molar-refractivity contribution in [2.45, 2.75) is 13.8 Å². The number of aryl methyl sites for hydroxylation is 1. The molecule has 0 amide bonds. The van der Waals surface area contributed by atoms with Gasteiger partial charge in [0.1, 0.15) is 11.6 Å². The van der Waals surface area contributed by atoms with Crippen molar-refractivity contribution in [1.82, 2.24) is 0 Å². The van der Waals surface area contributed by atoms with Gasteiger partial charge in [-0.1, -0.05) is 11.6 Å². The van der Waals surface area contributed by atoms with Gasteiger partial charge >= 0.3 is 0 Å². The molecule has 0 saturated heterocycles. The summed E-state index contributed by atoms with van der Waals surface area (Å²) in [6.45, 7) is 3.24. The van der Waals surface area contributed by atoms with Gasteiger partial charge in [0.05, 0.1) is 17.3 Å². The number of benzene rings is 1. The molecule has 0 atom stereocenters. The number of halogens is 2. The topological polar surface area (TPSA) is 29.1 Å². The van der Waals surface area contributed by atoms with E-state index in [2.05, 4.69) is 5.32 Å².